The van der Waals surface area contributed by atoms with Gasteiger partial charge in [0.05, 0.1) is 26.2 Å². The SMILES string of the molecule is C=CC=CC[N+]1(CC)CCCCC1.[Br-]. The number of likely N-dealkylation sites (N-methyl/N-ethyl adjacent to an activating group) is 1. The molecule has 0 amide bonds. The van der Waals surface area contributed by atoms with Crippen LogP contribution in [0.2, 0.25) is 0 Å². The van der Waals surface area contributed by atoms with E-state index < -0.39 is 0 Å². The van der Waals surface area contributed by atoms with E-state index in [1.54, 1.807) is 0 Å². The predicted molar refractivity (Wildman–Crippen MR) is 58.6 cm³/mol. The molecule has 0 unspecified atom stereocenters. The zero-order valence-corrected chi connectivity index (χ0v) is 10.8. The molecular weight excluding hydrogens is 238 g/mol. The van der Waals surface area contributed by atoms with Crippen LogP contribution in [0, 0.1) is 0 Å². The number of likely N-dealkylation sites (tertiary alicyclic amines) is 1. The van der Waals surface area contributed by atoms with Crippen LogP contribution in [-0.2, 0) is 0 Å². The van der Waals surface area contributed by atoms with Gasteiger partial charge in [0.15, 0.2) is 0 Å². The first-order valence-corrected chi connectivity index (χ1v) is 5.46. The van der Waals surface area contributed by atoms with E-state index in [-0.39, 0.29) is 17.0 Å². The fourth-order valence-corrected chi connectivity index (χ4v) is 2.19. The second-order valence-corrected chi connectivity index (χ2v) is 4.01. The largest absolute Gasteiger partial charge is 1.00 e. The van der Waals surface area contributed by atoms with Gasteiger partial charge in [-0.15, -0.1) is 0 Å². The van der Waals surface area contributed by atoms with Gasteiger partial charge >= 0.3 is 0 Å². The van der Waals surface area contributed by atoms with Gasteiger partial charge in [-0.3, -0.25) is 0 Å². The predicted octanol–water partition coefficient (Wildman–Crippen LogP) is -0.247. The van der Waals surface area contributed by atoms with Gasteiger partial charge in [0.2, 0.25) is 0 Å². The summed E-state index contributed by atoms with van der Waals surface area (Å²) in [5.74, 6) is 0. The van der Waals surface area contributed by atoms with Crippen molar-refractivity contribution in [3.05, 3.63) is 24.8 Å². The Bertz CT molecular complexity index is 181. The van der Waals surface area contributed by atoms with Crippen LogP contribution in [-0.4, -0.2) is 30.7 Å². The number of allylic oxidation sites excluding steroid dienone is 2. The van der Waals surface area contributed by atoms with Gasteiger partial charge in [0.1, 0.15) is 0 Å². The minimum absolute atomic E-state index is 0. The standard InChI is InChI=1S/C12H22N.BrH/c1-3-5-7-10-13(4-2)11-8-6-9-12-13;/h3,5,7H,1,4,6,8-12H2,2H3;1H/q+1;/p-1. The molecule has 0 radical (unpaired) electrons. The zero-order chi connectivity index (χ0) is 9.57. The summed E-state index contributed by atoms with van der Waals surface area (Å²) < 4.78 is 1.30. The second kappa shape index (κ2) is 7.24. The molecule has 0 spiro atoms. The Labute approximate surface area is 98.9 Å². The summed E-state index contributed by atoms with van der Waals surface area (Å²) in [6.45, 7) is 11.2. The lowest BCUT2D eigenvalue weighted by Gasteiger charge is -2.40. The van der Waals surface area contributed by atoms with E-state index in [0.717, 1.165) is 0 Å². The van der Waals surface area contributed by atoms with Gasteiger partial charge in [-0.05, 0) is 32.3 Å². The normalized spacial score (nSPS) is 20.4. The Morgan fingerprint density at radius 1 is 1.21 bits per heavy atom. The van der Waals surface area contributed by atoms with Crippen LogP contribution in [0.5, 0.6) is 0 Å². The van der Waals surface area contributed by atoms with E-state index >= 15 is 0 Å². The Morgan fingerprint density at radius 3 is 2.36 bits per heavy atom. The van der Waals surface area contributed by atoms with Crippen molar-refractivity contribution in [2.24, 2.45) is 0 Å². The van der Waals surface area contributed by atoms with Crippen molar-refractivity contribution >= 4 is 0 Å². The quantitative estimate of drug-likeness (QED) is 0.483. The fraction of sp³-hybridized carbons (Fsp3) is 0.667. The van der Waals surface area contributed by atoms with E-state index in [4.69, 9.17) is 0 Å². The van der Waals surface area contributed by atoms with E-state index in [1.807, 2.05) is 6.08 Å². The van der Waals surface area contributed by atoms with E-state index in [0.29, 0.717) is 0 Å². The van der Waals surface area contributed by atoms with Crippen molar-refractivity contribution in [2.45, 2.75) is 26.2 Å². The van der Waals surface area contributed by atoms with E-state index in [9.17, 15) is 0 Å². The molecule has 82 valence electrons. The van der Waals surface area contributed by atoms with Gasteiger partial charge in [-0.1, -0.05) is 18.7 Å². The number of rotatable bonds is 4. The summed E-state index contributed by atoms with van der Waals surface area (Å²) in [6.07, 6.45) is 10.5. The maximum Gasteiger partial charge on any atom is 0.0976 e. The third kappa shape index (κ3) is 3.97. The molecule has 0 saturated carbocycles. The van der Waals surface area contributed by atoms with Crippen molar-refractivity contribution in [3.8, 4) is 0 Å². The monoisotopic (exact) mass is 259 g/mol. The minimum atomic E-state index is 0. The lowest BCUT2D eigenvalue weighted by atomic mass is 10.1. The smallest absolute Gasteiger partial charge is 0.0976 e. The Hall–Kier alpha value is -0.0800. The molecule has 0 aromatic carbocycles. The van der Waals surface area contributed by atoms with Crippen LogP contribution >= 0.6 is 0 Å². The number of halogens is 1. The topological polar surface area (TPSA) is 0 Å². The first kappa shape index (κ1) is 13.9. The molecule has 1 saturated heterocycles. The molecule has 1 heterocycles. The third-order valence-corrected chi connectivity index (χ3v) is 3.20. The molecule has 0 bridgehead atoms. The minimum Gasteiger partial charge on any atom is -1.00 e. The first-order chi connectivity index (χ1) is 6.33. The Balaban J connectivity index is 0.00000169. The summed E-state index contributed by atoms with van der Waals surface area (Å²) in [5.41, 5.74) is 0. The fourth-order valence-electron chi connectivity index (χ4n) is 2.19. The molecule has 0 aliphatic carbocycles. The first-order valence-electron chi connectivity index (χ1n) is 5.46. The summed E-state index contributed by atoms with van der Waals surface area (Å²) >= 11 is 0. The van der Waals surface area contributed by atoms with Crippen LogP contribution < -0.4 is 17.0 Å². The van der Waals surface area contributed by atoms with Crippen LogP contribution in [0.3, 0.4) is 0 Å². The molecule has 1 fully saturated rings. The number of nitrogens with zero attached hydrogens (tertiary/aromatic N) is 1. The molecule has 1 aliphatic heterocycles. The Kier molecular flexibility index (Phi) is 7.20. The maximum absolute atomic E-state index is 3.70. The third-order valence-electron chi connectivity index (χ3n) is 3.20. The van der Waals surface area contributed by atoms with Crippen molar-refractivity contribution in [1.82, 2.24) is 0 Å². The average molecular weight is 260 g/mol. The Morgan fingerprint density at radius 2 is 1.86 bits per heavy atom. The number of hydrogen-bond donors (Lipinski definition) is 0. The molecule has 1 aliphatic rings. The highest BCUT2D eigenvalue weighted by molar-refractivity contribution is 4.97. The molecule has 0 atom stereocenters. The van der Waals surface area contributed by atoms with E-state index in [2.05, 4.69) is 25.7 Å². The number of hydrogen-bond acceptors (Lipinski definition) is 0. The molecule has 14 heavy (non-hydrogen) atoms. The van der Waals surface area contributed by atoms with Gasteiger partial charge in [-0.25, -0.2) is 0 Å². The molecule has 1 nitrogen and oxygen atoms in total. The lowest BCUT2D eigenvalue weighted by molar-refractivity contribution is -0.925. The summed E-state index contributed by atoms with van der Waals surface area (Å²) in [4.78, 5) is 0. The van der Waals surface area contributed by atoms with E-state index in [1.165, 1.54) is 49.9 Å². The summed E-state index contributed by atoms with van der Waals surface area (Å²) in [6, 6.07) is 0. The second-order valence-electron chi connectivity index (χ2n) is 4.01. The van der Waals surface area contributed by atoms with Crippen molar-refractivity contribution in [3.63, 3.8) is 0 Å². The van der Waals surface area contributed by atoms with Crippen molar-refractivity contribution in [2.75, 3.05) is 26.2 Å². The average Bonchev–Trinajstić information content (AvgIpc) is 2.20. The van der Waals surface area contributed by atoms with Gasteiger partial charge in [0.25, 0.3) is 0 Å². The molecule has 0 aromatic heterocycles. The summed E-state index contributed by atoms with van der Waals surface area (Å²) in [5, 5.41) is 0. The molecular formula is C12H22BrN. The number of quaternary nitrogens is 1. The molecule has 1 rings (SSSR count). The van der Waals surface area contributed by atoms with Crippen molar-refractivity contribution < 1.29 is 21.5 Å². The highest BCUT2D eigenvalue weighted by Gasteiger charge is 2.25. The highest BCUT2D eigenvalue weighted by Crippen LogP contribution is 2.18. The van der Waals surface area contributed by atoms with Gasteiger partial charge in [0, 0.05) is 0 Å². The lowest BCUT2D eigenvalue weighted by Crippen LogP contribution is -3.00. The van der Waals surface area contributed by atoms with Crippen molar-refractivity contribution in [1.29, 1.82) is 0 Å². The number of piperidine rings is 1. The van der Waals surface area contributed by atoms with Crippen LogP contribution in [0.25, 0.3) is 0 Å². The highest BCUT2D eigenvalue weighted by atomic mass is 79.9. The van der Waals surface area contributed by atoms with Gasteiger partial charge in [-0.2, -0.15) is 0 Å². The molecule has 2 heteroatoms. The van der Waals surface area contributed by atoms with Crippen LogP contribution in [0.1, 0.15) is 26.2 Å². The van der Waals surface area contributed by atoms with Gasteiger partial charge < -0.3 is 21.5 Å². The zero-order valence-electron chi connectivity index (χ0n) is 9.21. The maximum atomic E-state index is 3.70. The molecule has 0 aromatic rings. The summed E-state index contributed by atoms with van der Waals surface area (Å²) in [7, 11) is 0. The molecule has 0 N–H and O–H groups in total. The van der Waals surface area contributed by atoms with Crippen LogP contribution in [0.4, 0.5) is 0 Å². The van der Waals surface area contributed by atoms with Crippen LogP contribution in [0.15, 0.2) is 24.8 Å².